The van der Waals surface area contributed by atoms with Gasteiger partial charge in [-0.2, -0.15) is 0 Å². The van der Waals surface area contributed by atoms with Gasteiger partial charge in [-0.1, -0.05) is 67.6 Å². The minimum atomic E-state index is -0.716. The van der Waals surface area contributed by atoms with Crippen LogP contribution in [-0.2, 0) is 4.74 Å². The van der Waals surface area contributed by atoms with Gasteiger partial charge in [0.1, 0.15) is 0 Å². The highest BCUT2D eigenvalue weighted by atomic mass is 16.6. The Balaban J connectivity index is 1.85. The van der Waals surface area contributed by atoms with Crippen LogP contribution in [0.3, 0.4) is 0 Å². The van der Waals surface area contributed by atoms with Gasteiger partial charge >= 0.3 is 0 Å². The molecule has 0 saturated carbocycles. The van der Waals surface area contributed by atoms with E-state index in [1.54, 1.807) is 0 Å². The third-order valence-electron chi connectivity index (χ3n) is 4.99. The second-order valence-electron chi connectivity index (χ2n) is 6.97. The standard InChI is InChI=1S/C22H26N2O3/c1-18(22(24(25)26)20-10-6-3-7-11-20)16-21(23-12-14-27-15-13-23)17-19-8-4-2-5-9-19/h2-11,17-18,22H,12-16H2,1H3/b21-17+. The van der Waals surface area contributed by atoms with E-state index in [9.17, 15) is 10.1 Å². The lowest BCUT2D eigenvalue weighted by Gasteiger charge is -2.33. The number of nitrogens with zero attached hydrogens (tertiary/aromatic N) is 2. The quantitative estimate of drug-likeness (QED) is 0.538. The molecule has 0 radical (unpaired) electrons. The molecule has 1 fully saturated rings. The molecule has 0 bridgehead atoms. The smallest absolute Gasteiger partial charge is 0.240 e. The normalized spacial score (nSPS) is 17.4. The Hall–Kier alpha value is -2.66. The van der Waals surface area contributed by atoms with Gasteiger partial charge in [-0.3, -0.25) is 10.1 Å². The van der Waals surface area contributed by atoms with E-state index >= 15 is 0 Å². The summed E-state index contributed by atoms with van der Waals surface area (Å²) in [5.41, 5.74) is 3.01. The zero-order chi connectivity index (χ0) is 19.1. The molecule has 0 aliphatic carbocycles. The van der Waals surface area contributed by atoms with E-state index in [0.717, 1.165) is 29.9 Å². The number of hydrogen-bond donors (Lipinski definition) is 0. The molecule has 3 rings (SSSR count). The van der Waals surface area contributed by atoms with Crippen LogP contribution in [0.15, 0.2) is 66.4 Å². The molecule has 1 aliphatic heterocycles. The Morgan fingerprint density at radius 3 is 2.30 bits per heavy atom. The van der Waals surface area contributed by atoms with Crippen molar-refractivity contribution in [3.63, 3.8) is 0 Å². The maximum absolute atomic E-state index is 11.8. The molecule has 1 heterocycles. The summed E-state index contributed by atoms with van der Waals surface area (Å²) in [6.45, 7) is 5.00. The topological polar surface area (TPSA) is 55.6 Å². The van der Waals surface area contributed by atoms with E-state index in [2.05, 4.69) is 23.1 Å². The van der Waals surface area contributed by atoms with Gasteiger partial charge in [0, 0.05) is 35.2 Å². The van der Waals surface area contributed by atoms with Crippen LogP contribution in [0.1, 0.15) is 30.5 Å². The van der Waals surface area contributed by atoms with Crippen LogP contribution in [0.2, 0.25) is 0 Å². The van der Waals surface area contributed by atoms with Crippen LogP contribution in [0, 0.1) is 16.0 Å². The average molecular weight is 366 g/mol. The zero-order valence-corrected chi connectivity index (χ0v) is 15.7. The maximum atomic E-state index is 11.8. The van der Waals surface area contributed by atoms with Crippen molar-refractivity contribution in [2.75, 3.05) is 26.3 Å². The number of rotatable bonds is 7. The van der Waals surface area contributed by atoms with Crippen molar-refractivity contribution in [1.29, 1.82) is 0 Å². The zero-order valence-electron chi connectivity index (χ0n) is 15.7. The highest BCUT2D eigenvalue weighted by Gasteiger charge is 2.31. The summed E-state index contributed by atoms with van der Waals surface area (Å²) in [6.07, 6.45) is 2.80. The summed E-state index contributed by atoms with van der Waals surface area (Å²) < 4.78 is 5.48. The average Bonchev–Trinajstić information content (AvgIpc) is 2.69. The lowest BCUT2D eigenvalue weighted by atomic mass is 9.90. The van der Waals surface area contributed by atoms with Gasteiger partial charge in [0.05, 0.1) is 13.2 Å². The largest absolute Gasteiger partial charge is 0.378 e. The highest BCUT2D eigenvalue weighted by Crippen LogP contribution is 2.31. The second kappa shape index (κ2) is 9.33. The molecule has 2 unspecified atom stereocenters. The number of hydrogen-bond acceptors (Lipinski definition) is 4. The number of ether oxygens (including phenoxy) is 1. The number of allylic oxidation sites excluding steroid dienone is 1. The first kappa shape index (κ1) is 19.1. The summed E-state index contributed by atoms with van der Waals surface area (Å²) in [5.74, 6) is -0.125. The van der Waals surface area contributed by atoms with Crippen molar-refractivity contribution in [2.24, 2.45) is 5.92 Å². The van der Waals surface area contributed by atoms with Crippen molar-refractivity contribution < 1.29 is 9.66 Å². The fourth-order valence-electron chi connectivity index (χ4n) is 3.62. The fourth-order valence-corrected chi connectivity index (χ4v) is 3.62. The van der Waals surface area contributed by atoms with Gasteiger partial charge in [0.2, 0.25) is 6.04 Å². The Labute approximate surface area is 160 Å². The summed E-state index contributed by atoms with van der Waals surface area (Å²) in [4.78, 5) is 14.0. The van der Waals surface area contributed by atoms with Crippen LogP contribution >= 0.6 is 0 Å². The molecule has 1 aliphatic rings. The van der Waals surface area contributed by atoms with Gasteiger partial charge < -0.3 is 9.64 Å². The molecule has 142 valence electrons. The Morgan fingerprint density at radius 1 is 1.11 bits per heavy atom. The predicted molar refractivity (Wildman–Crippen MR) is 107 cm³/mol. The van der Waals surface area contributed by atoms with E-state index in [0.29, 0.717) is 19.6 Å². The molecular formula is C22H26N2O3. The molecule has 2 atom stereocenters. The number of morpholine rings is 1. The Kier molecular flexibility index (Phi) is 6.60. The van der Waals surface area contributed by atoms with E-state index in [4.69, 9.17) is 4.74 Å². The Morgan fingerprint density at radius 2 is 1.70 bits per heavy atom. The van der Waals surface area contributed by atoms with Gasteiger partial charge in [0.15, 0.2) is 0 Å². The lowest BCUT2D eigenvalue weighted by molar-refractivity contribution is -0.538. The van der Waals surface area contributed by atoms with Gasteiger partial charge in [0.25, 0.3) is 0 Å². The molecule has 0 aromatic heterocycles. The monoisotopic (exact) mass is 366 g/mol. The summed E-state index contributed by atoms with van der Waals surface area (Å²) in [7, 11) is 0. The van der Waals surface area contributed by atoms with Crippen LogP contribution < -0.4 is 0 Å². The second-order valence-corrected chi connectivity index (χ2v) is 6.97. The molecule has 1 saturated heterocycles. The highest BCUT2D eigenvalue weighted by molar-refractivity contribution is 5.52. The van der Waals surface area contributed by atoms with Crippen molar-refractivity contribution in [1.82, 2.24) is 4.90 Å². The number of nitro groups is 1. The third kappa shape index (κ3) is 5.17. The van der Waals surface area contributed by atoms with E-state index in [-0.39, 0.29) is 10.8 Å². The van der Waals surface area contributed by atoms with Crippen LogP contribution in [0.4, 0.5) is 0 Å². The van der Waals surface area contributed by atoms with Crippen LogP contribution in [0.25, 0.3) is 6.08 Å². The Bertz CT molecular complexity index is 756. The molecule has 0 amide bonds. The molecule has 2 aromatic rings. The van der Waals surface area contributed by atoms with Crippen molar-refractivity contribution in [3.8, 4) is 0 Å². The molecule has 5 heteroatoms. The summed E-state index contributed by atoms with van der Waals surface area (Å²) >= 11 is 0. The lowest BCUT2D eigenvalue weighted by Crippen LogP contribution is -2.36. The van der Waals surface area contributed by atoms with Crippen LogP contribution in [-0.4, -0.2) is 36.1 Å². The molecule has 2 aromatic carbocycles. The first-order valence-electron chi connectivity index (χ1n) is 9.42. The van der Waals surface area contributed by atoms with Gasteiger partial charge in [-0.05, 0) is 18.1 Å². The first-order valence-corrected chi connectivity index (χ1v) is 9.42. The first-order chi connectivity index (χ1) is 13.1. The molecular weight excluding hydrogens is 340 g/mol. The van der Waals surface area contributed by atoms with Gasteiger partial charge in [-0.15, -0.1) is 0 Å². The SMILES string of the molecule is CC(C/C(=C\c1ccccc1)N1CCOCC1)C(c1ccccc1)[N+](=O)[O-]. The van der Waals surface area contributed by atoms with Crippen molar-refractivity contribution >= 4 is 6.08 Å². The van der Waals surface area contributed by atoms with Crippen molar-refractivity contribution in [3.05, 3.63) is 87.6 Å². The maximum Gasteiger partial charge on any atom is 0.240 e. The number of benzene rings is 2. The van der Waals surface area contributed by atoms with E-state index in [1.807, 2.05) is 55.5 Å². The fraction of sp³-hybridized carbons (Fsp3) is 0.364. The van der Waals surface area contributed by atoms with E-state index in [1.165, 1.54) is 0 Å². The minimum Gasteiger partial charge on any atom is -0.378 e. The minimum absolute atomic E-state index is 0.125. The van der Waals surface area contributed by atoms with Crippen LogP contribution in [0.5, 0.6) is 0 Å². The summed E-state index contributed by atoms with van der Waals surface area (Å²) in [6, 6.07) is 18.7. The van der Waals surface area contributed by atoms with Gasteiger partial charge in [-0.25, -0.2) is 0 Å². The molecule has 5 nitrogen and oxygen atoms in total. The molecule has 27 heavy (non-hydrogen) atoms. The van der Waals surface area contributed by atoms with E-state index < -0.39 is 6.04 Å². The third-order valence-corrected chi connectivity index (χ3v) is 4.99. The molecule has 0 spiro atoms. The van der Waals surface area contributed by atoms with Crippen molar-refractivity contribution in [2.45, 2.75) is 19.4 Å². The summed E-state index contributed by atoms with van der Waals surface area (Å²) in [5, 5.41) is 11.8. The molecule has 0 N–H and O–H groups in total. The predicted octanol–water partition coefficient (Wildman–Crippen LogP) is 4.40.